The fraction of sp³-hybridized carbons (Fsp3) is 0.629. The molecule has 3 fully saturated rings. The van der Waals surface area contributed by atoms with Crippen LogP contribution in [0.25, 0.3) is 0 Å². The minimum atomic E-state index is -1.76. The number of benzene rings is 1. The third-order valence-electron chi connectivity index (χ3n) is 11.5. The van der Waals surface area contributed by atoms with Crippen LogP contribution in [-0.4, -0.2) is 71.1 Å². The summed E-state index contributed by atoms with van der Waals surface area (Å²) >= 11 is 0. The Balaban J connectivity index is 1.16. The second-order valence-corrected chi connectivity index (χ2v) is 13.9. The Labute approximate surface area is 263 Å². The van der Waals surface area contributed by atoms with E-state index >= 15 is 0 Å². The van der Waals surface area contributed by atoms with E-state index in [2.05, 4.69) is 12.2 Å². The van der Waals surface area contributed by atoms with Crippen molar-refractivity contribution >= 4 is 29.4 Å². The SMILES string of the molecule is COC(=O)[C@H](Cc1ccccc1)NC(=O)CCC(=O)OCC(=O)[C@@]1(O)CC[C@H]2[C@H]3CCC4=CC(=O)CC[C@]4(C)[C@H]3[C@@H](O)C[C@]21C. The molecule has 0 unspecified atom stereocenters. The van der Waals surface area contributed by atoms with Crippen LogP contribution < -0.4 is 5.32 Å². The van der Waals surface area contributed by atoms with Crippen LogP contribution >= 0.6 is 0 Å². The van der Waals surface area contributed by atoms with Crippen molar-refractivity contribution in [1.82, 2.24) is 5.32 Å². The van der Waals surface area contributed by atoms with E-state index in [-0.39, 0.29) is 61.1 Å². The minimum absolute atomic E-state index is 0.00823. The van der Waals surface area contributed by atoms with Crippen molar-refractivity contribution in [2.45, 2.75) is 95.8 Å². The molecule has 8 atom stereocenters. The number of rotatable bonds is 10. The molecule has 10 nitrogen and oxygen atoms in total. The Morgan fingerprint density at radius 3 is 2.49 bits per heavy atom. The van der Waals surface area contributed by atoms with Crippen molar-refractivity contribution < 1.29 is 43.7 Å². The third kappa shape index (κ3) is 6.11. The van der Waals surface area contributed by atoms with E-state index in [1.54, 1.807) is 6.08 Å². The van der Waals surface area contributed by atoms with E-state index in [9.17, 15) is 34.2 Å². The van der Waals surface area contributed by atoms with Gasteiger partial charge in [-0.2, -0.15) is 0 Å². The van der Waals surface area contributed by atoms with Crippen molar-refractivity contribution in [2.75, 3.05) is 13.7 Å². The highest BCUT2D eigenvalue weighted by molar-refractivity contribution is 5.92. The Morgan fingerprint density at radius 1 is 1.04 bits per heavy atom. The number of carbonyl (C=O) groups excluding carboxylic acids is 5. The predicted molar refractivity (Wildman–Crippen MR) is 162 cm³/mol. The van der Waals surface area contributed by atoms with Crippen molar-refractivity contribution in [3.8, 4) is 0 Å². The van der Waals surface area contributed by atoms with Crippen molar-refractivity contribution in [3.63, 3.8) is 0 Å². The van der Waals surface area contributed by atoms with Crippen molar-refractivity contribution in [1.29, 1.82) is 0 Å². The highest BCUT2D eigenvalue weighted by atomic mass is 16.5. The fourth-order valence-corrected chi connectivity index (χ4v) is 9.16. The summed E-state index contributed by atoms with van der Waals surface area (Å²) in [5.41, 5.74) is -0.975. The highest BCUT2D eigenvalue weighted by Crippen LogP contribution is 2.67. The molecule has 0 spiro atoms. The van der Waals surface area contributed by atoms with Gasteiger partial charge in [0, 0.05) is 24.7 Å². The van der Waals surface area contributed by atoms with Gasteiger partial charge in [0.1, 0.15) is 11.6 Å². The van der Waals surface area contributed by atoms with Crippen LogP contribution in [0.5, 0.6) is 0 Å². The molecule has 10 heteroatoms. The molecule has 0 saturated heterocycles. The van der Waals surface area contributed by atoms with E-state index in [0.717, 1.165) is 24.0 Å². The molecule has 0 radical (unpaired) electrons. The predicted octanol–water partition coefficient (Wildman–Crippen LogP) is 3.01. The number of ketones is 2. The zero-order valence-electron chi connectivity index (χ0n) is 26.4. The van der Waals surface area contributed by atoms with Gasteiger partial charge in [-0.3, -0.25) is 19.2 Å². The first-order valence-electron chi connectivity index (χ1n) is 16.1. The number of methoxy groups -OCH3 is 1. The van der Waals surface area contributed by atoms with E-state index in [1.165, 1.54) is 7.11 Å². The summed E-state index contributed by atoms with van der Waals surface area (Å²) in [6.45, 7) is 3.40. The molecule has 0 aliphatic heterocycles. The Kier molecular flexibility index (Phi) is 9.38. The van der Waals surface area contributed by atoms with Crippen LogP contribution in [0.3, 0.4) is 0 Å². The molecule has 0 aromatic heterocycles. The maximum Gasteiger partial charge on any atom is 0.328 e. The lowest BCUT2D eigenvalue weighted by Crippen LogP contribution is -2.62. The number of hydrogen-bond acceptors (Lipinski definition) is 9. The normalized spacial score (nSPS) is 34.3. The molecule has 4 aliphatic carbocycles. The van der Waals surface area contributed by atoms with Crippen LogP contribution in [0.4, 0.5) is 0 Å². The van der Waals surface area contributed by atoms with Gasteiger partial charge in [-0.05, 0) is 73.3 Å². The smallest absolute Gasteiger partial charge is 0.328 e. The van der Waals surface area contributed by atoms with Crippen LogP contribution in [0.15, 0.2) is 42.0 Å². The molecule has 3 saturated carbocycles. The molecule has 1 amide bonds. The maximum atomic E-state index is 13.5. The fourth-order valence-electron chi connectivity index (χ4n) is 9.16. The van der Waals surface area contributed by atoms with E-state index in [1.807, 2.05) is 37.3 Å². The van der Waals surface area contributed by atoms with Gasteiger partial charge in [-0.15, -0.1) is 0 Å². The number of hydrogen-bond donors (Lipinski definition) is 3. The monoisotopic (exact) mass is 623 g/mol. The lowest BCUT2D eigenvalue weighted by atomic mass is 9.45. The van der Waals surface area contributed by atoms with Crippen LogP contribution in [-0.2, 0) is 39.9 Å². The quantitative estimate of drug-likeness (QED) is 0.334. The number of nitrogens with one attached hydrogen (secondary N) is 1. The third-order valence-corrected chi connectivity index (χ3v) is 11.5. The number of Topliss-reactive ketones (excluding diaryl/α,β-unsaturated/α-hetero) is 1. The second-order valence-electron chi connectivity index (χ2n) is 13.9. The summed E-state index contributed by atoms with van der Waals surface area (Å²) in [7, 11) is 1.23. The molecule has 244 valence electrons. The summed E-state index contributed by atoms with van der Waals surface area (Å²) in [5, 5.41) is 26.0. The number of aliphatic hydroxyl groups excluding tert-OH is 1. The standard InChI is InChI=1S/C35H45NO9/c1-33-15-13-23(37)18-22(33)9-10-24-25-14-16-35(43,34(25,2)19-27(38)31(24)33)28(39)20-45-30(41)12-11-29(40)36-26(32(42)44-3)17-21-7-5-4-6-8-21/h4-8,18,24-27,31,38,43H,9-17,19-20H2,1-3H3,(H,36,40)/t24-,25+,26+,27+,31-,33+,34-,35+/m1/s1. The Hall–Kier alpha value is -3.37. The molecule has 1 aromatic rings. The number of fused-ring (bicyclic) bond motifs is 5. The number of carbonyl (C=O) groups is 5. The van der Waals surface area contributed by atoms with Gasteiger partial charge in [0.15, 0.2) is 12.4 Å². The minimum Gasteiger partial charge on any atom is -0.467 e. The number of allylic oxidation sites excluding steroid dienone is 1. The molecular weight excluding hydrogens is 578 g/mol. The highest BCUT2D eigenvalue weighted by Gasteiger charge is 2.68. The Bertz CT molecular complexity index is 1370. The molecular formula is C35H45NO9. The lowest BCUT2D eigenvalue weighted by molar-refractivity contribution is -0.184. The first kappa shape index (κ1) is 33.0. The lowest BCUT2D eigenvalue weighted by Gasteiger charge is -2.60. The summed E-state index contributed by atoms with van der Waals surface area (Å²) in [5.74, 6) is -2.31. The van der Waals surface area contributed by atoms with E-state index in [0.29, 0.717) is 19.3 Å². The largest absolute Gasteiger partial charge is 0.467 e. The van der Waals surface area contributed by atoms with Gasteiger partial charge in [-0.25, -0.2) is 4.79 Å². The molecule has 5 rings (SSSR count). The van der Waals surface area contributed by atoms with Gasteiger partial charge in [0.05, 0.1) is 19.6 Å². The van der Waals surface area contributed by atoms with E-state index in [4.69, 9.17) is 9.47 Å². The van der Waals surface area contributed by atoms with Gasteiger partial charge in [0.25, 0.3) is 0 Å². The number of amides is 1. The zero-order chi connectivity index (χ0) is 32.6. The molecule has 1 aromatic carbocycles. The Morgan fingerprint density at radius 2 is 1.78 bits per heavy atom. The van der Waals surface area contributed by atoms with Gasteiger partial charge >= 0.3 is 11.9 Å². The summed E-state index contributed by atoms with van der Waals surface area (Å²) in [6.07, 6.45) is 4.51. The van der Waals surface area contributed by atoms with Gasteiger partial charge in [0.2, 0.25) is 11.7 Å². The number of esters is 2. The van der Waals surface area contributed by atoms with Crippen molar-refractivity contribution in [3.05, 3.63) is 47.5 Å². The number of aliphatic hydroxyl groups is 2. The molecule has 0 heterocycles. The van der Waals surface area contributed by atoms with Gasteiger partial charge in [-0.1, -0.05) is 49.8 Å². The van der Waals surface area contributed by atoms with Crippen LogP contribution in [0, 0.1) is 28.6 Å². The summed E-state index contributed by atoms with van der Waals surface area (Å²) in [4.78, 5) is 63.0. The summed E-state index contributed by atoms with van der Waals surface area (Å²) in [6, 6.07) is 8.21. The average molecular weight is 624 g/mol. The van der Waals surface area contributed by atoms with Crippen LogP contribution in [0.1, 0.15) is 77.2 Å². The first-order valence-corrected chi connectivity index (χ1v) is 16.1. The maximum absolute atomic E-state index is 13.5. The molecule has 3 N–H and O–H groups in total. The van der Waals surface area contributed by atoms with Gasteiger partial charge < -0.3 is 25.0 Å². The molecule has 4 aliphatic rings. The first-order chi connectivity index (χ1) is 21.3. The summed E-state index contributed by atoms with van der Waals surface area (Å²) < 4.78 is 10.0. The molecule has 0 bridgehead atoms. The van der Waals surface area contributed by atoms with E-state index < -0.39 is 53.4 Å². The second kappa shape index (κ2) is 12.8. The number of ether oxygens (including phenoxy) is 2. The average Bonchev–Trinajstić information content (AvgIpc) is 3.29. The van der Waals surface area contributed by atoms with Crippen LogP contribution in [0.2, 0.25) is 0 Å². The topological polar surface area (TPSA) is 156 Å². The molecule has 45 heavy (non-hydrogen) atoms. The van der Waals surface area contributed by atoms with Crippen molar-refractivity contribution in [2.24, 2.45) is 28.6 Å². The zero-order valence-corrected chi connectivity index (χ0v) is 26.4.